The topological polar surface area (TPSA) is 71.3 Å². The quantitative estimate of drug-likeness (QED) is 0.518. The molecule has 1 saturated carbocycles. The maximum absolute atomic E-state index is 12.3. The summed E-state index contributed by atoms with van der Waals surface area (Å²) in [6, 6.07) is 0. The van der Waals surface area contributed by atoms with Gasteiger partial charge in [-0.2, -0.15) is 0 Å². The number of rotatable bonds is 3. The molecule has 0 aliphatic heterocycles. The Labute approximate surface area is 143 Å². The van der Waals surface area contributed by atoms with Gasteiger partial charge in [-0.15, -0.1) is 0 Å². The molecule has 1 N–H and O–H groups in total. The Balaban J connectivity index is 2.18. The van der Waals surface area contributed by atoms with Crippen molar-refractivity contribution in [3.8, 4) is 0 Å². The maximum Gasteiger partial charge on any atom is 0.275 e. The first-order chi connectivity index (χ1) is 9.41. The molecule has 20 heavy (non-hydrogen) atoms. The van der Waals surface area contributed by atoms with Crippen molar-refractivity contribution >= 4 is 68.6 Å². The van der Waals surface area contributed by atoms with E-state index in [0.717, 1.165) is 12.8 Å². The van der Waals surface area contributed by atoms with Crippen molar-refractivity contribution in [1.29, 1.82) is 0 Å². The number of carbonyl (C=O) groups excluding carboxylic acids is 1. The van der Waals surface area contributed by atoms with Crippen LogP contribution in [0.2, 0.25) is 0 Å². The molecule has 1 aliphatic carbocycles. The molecule has 1 fully saturated rings. The van der Waals surface area contributed by atoms with Crippen molar-refractivity contribution in [1.82, 2.24) is 11.3 Å². The molecular formula is C12H12I2N4O2. The van der Waals surface area contributed by atoms with Gasteiger partial charge in [0.25, 0.3) is 5.91 Å². The smallest absolute Gasteiger partial charge is 0.275 e. The predicted molar refractivity (Wildman–Crippen MR) is 92.0 cm³/mol. The van der Waals surface area contributed by atoms with E-state index in [1.165, 1.54) is 7.65 Å². The van der Waals surface area contributed by atoms with E-state index in [9.17, 15) is 4.79 Å². The number of anilines is 1. The molecule has 0 bridgehead atoms. The van der Waals surface area contributed by atoms with Gasteiger partial charge in [0.2, 0.25) is 5.71 Å². The molecule has 0 atom stereocenters. The molecule has 8 heteroatoms. The number of amides is 1. The van der Waals surface area contributed by atoms with Crippen molar-refractivity contribution in [2.45, 2.75) is 32.2 Å². The number of aryl methyl sites for hydroxylation is 1. The molecule has 3 rings (SSSR count). The van der Waals surface area contributed by atoms with E-state index in [1.54, 1.807) is 6.92 Å². The lowest BCUT2D eigenvalue weighted by atomic mass is 10.1. The van der Waals surface area contributed by atoms with Crippen LogP contribution in [-0.2, 0) is 0 Å². The third kappa shape index (κ3) is 2.47. The number of nitrogens with zero attached hydrogens (tertiary/aromatic N) is 3. The second-order valence-electron chi connectivity index (χ2n) is 5.16. The molecule has 6 nitrogen and oxygen atoms in total. The largest absolute Gasteiger partial charge is 0.442 e. The summed E-state index contributed by atoms with van der Waals surface area (Å²) in [5.74, 6) is 1.11. The van der Waals surface area contributed by atoms with Gasteiger partial charge in [0.1, 0.15) is 17.9 Å². The summed E-state index contributed by atoms with van der Waals surface area (Å²) in [4.78, 5) is 20.8. The highest BCUT2D eigenvalue weighted by molar-refractivity contribution is 14.2. The van der Waals surface area contributed by atoms with Crippen LogP contribution >= 0.6 is 45.7 Å². The van der Waals surface area contributed by atoms with Crippen LogP contribution < -0.4 is 5.32 Å². The van der Waals surface area contributed by atoms with Crippen LogP contribution in [0.25, 0.3) is 11.1 Å². The van der Waals surface area contributed by atoms with Crippen LogP contribution in [0.4, 0.5) is 5.82 Å². The van der Waals surface area contributed by atoms with Gasteiger partial charge in [0, 0.05) is 5.54 Å². The summed E-state index contributed by atoms with van der Waals surface area (Å²) in [7, 11) is 0. The van der Waals surface area contributed by atoms with Crippen molar-refractivity contribution in [2.24, 2.45) is 0 Å². The second kappa shape index (κ2) is 4.97. The van der Waals surface area contributed by atoms with Crippen LogP contribution in [0.3, 0.4) is 0 Å². The fraction of sp³-hybridized carbons (Fsp3) is 0.417. The predicted octanol–water partition coefficient (Wildman–Crippen LogP) is 3.64. The molecule has 106 valence electrons. The highest BCUT2D eigenvalue weighted by atomic mass is 127. The Morgan fingerprint density at radius 3 is 2.75 bits per heavy atom. The lowest BCUT2D eigenvalue weighted by Gasteiger charge is -2.13. The van der Waals surface area contributed by atoms with Crippen molar-refractivity contribution in [2.75, 3.05) is 5.32 Å². The van der Waals surface area contributed by atoms with Gasteiger partial charge in [-0.05, 0) is 26.7 Å². The number of hydrogen-bond donors (Lipinski definition) is 1. The average Bonchev–Trinajstić information content (AvgIpc) is 2.99. The Bertz CT molecular complexity index is 694. The molecular weight excluding hydrogens is 486 g/mol. The van der Waals surface area contributed by atoms with Gasteiger partial charge in [-0.1, -0.05) is 0 Å². The van der Waals surface area contributed by atoms with Crippen LogP contribution in [0.1, 0.15) is 35.9 Å². The van der Waals surface area contributed by atoms with E-state index in [-0.39, 0.29) is 11.4 Å². The van der Waals surface area contributed by atoms with Gasteiger partial charge < -0.3 is 9.73 Å². The number of fused-ring (bicyclic) bond motifs is 1. The Kier molecular flexibility index (Phi) is 3.55. The second-order valence-corrected chi connectivity index (χ2v) is 8.94. The number of furan rings is 1. The first kappa shape index (κ1) is 14.3. The summed E-state index contributed by atoms with van der Waals surface area (Å²) in [6.45, 7) is 3.91. The first-order valence-electron chi connectivity index (χ1n) is 6.09. The number of aromatic nitrogens is 2. The molecule has 0 spiro atoms. The summed E-state index contributed by atoms with van der Waals surface area (Å²) < 4.78 is 7.08. The van der Waals surface area contributed by atoms with Crippen LogP contribution in [0.5, 0.6) is 0 Å². The number of carbonyl (C=O) groups is 1. The fourth-order valence-corrected chi connectivity index (χ4v) is 2.56. The van der Waals surface area contributed by atoms with Crippen molar-refractivity contribution < 1.29 is 9.21 Å². The van der Waals surface area contributed by atoms with Gasteiger partial charge >= 0.3 is 0 Å². The zero-order valence-electron chi connectivity index (χ0n) is 10.9. The lowest BCUT2D eigenvalue weighted by molar-refractivity contribution is 0.0952. The van der Waals surface area contributed by atoms with Crippen molar-refractivity contribution in [3.63, 3.8) is 0 Å². The minimum absolute atomic E-state index is 0.0705. The molecule has 2 aromatic rings. The lowest BCUT2D eigenvalue weighted by Crippen LogP contribution is -2.18. The molecule has 1 amide bonds. The summed E-state index contributed by atoms with van der Waals surface area (Å²) >= 11 is 3.88. The minimum Gasteiger partial charge on any atom is -0.442 e. The minimum atomic E-state index is -0.124. The summed E-state index contributed by atoms with van der Waals surface area (Å²) in [5.41, 5.74) is 1.04. The number of nitrogens with one attached hydrogen (secondary N) is 1. The molecule has 0 unspecified atom stereocenters. The van der Waals surface area contributed by atoms with Gasteiger partial charge in [0.05, 0.1) is 56.7 Å². The monoisotopic (exact) mass is 498 g/mol. The van der Waals surface area contributed by atoms with Crippen LogP contribution in [0.15, 0.2) is 10.7 Å². The van der Waals surface area contributed by atoms with Gasteiger partial charge in [-0.3, -0.25) is 4.79 Å². The maximum atomic E-state index is 12.3. The average molecular weight is 498 g/mol. The van der Waals surface area contributed by atoms with E-state index >= 15 is 0 Å². The third-order valence-electron chi connectivity index (χ3n) is 3.45. The van der Waals surface area contributed by atoms with E-state index in [1.807, 2.05) is 45.7 Å². The molecule has 0 aromatic carbocycles. The third-order valence-corrected chi connectivity index (χ3v) is 4.33. The molecule has 0 radical (unpaired) electrons. The molecule has 2 heterocycles. The molecule has 1 aliphatic rings. The molecule has 2 aromatic heterocycles. The SMILES string of the molecule is Cc1oc2ncnc(NC3(C)CC3)c2c1C(=O)N(I)I. The van der Waals surface area contributed by atoms with Crippen LogP contribution in [0, 0.1) is 6.92 Å². The standard InChI is InChI=1S/C12H12I2N4O2/c1-6-7(11(19)18(13)14)8-9(17-12(2)3-4-12)15-5-16-10(8)20-6/h5H,3-4H2,1-2H3,(H,15,16,17). The van der Waals surface area contributed by atoms with Gasteiger partial charge in [0.15, 0.2) is 0 Å². The zero-order chi connectivity index (χ0) is 14.5. The normalized spacial score (nSPS) is 16.2. The van der Waals surface area contributed by atoms with Crippen LogP contribution in [-0.4, -0.2) is 22.7 Å². The summed E-state index contributed by atoms with van der Waals surface area (Å²) in [6.07, 6.45) is 3.66. The Morgan fingerprint density at radius 2 is 2.15 bits per heavy atom. The highest BCUT2D eigenvalue weighted by Crippen LogP contribution is 2.40. The number of hydrogen-bond acceptors (Lipinski definition) is 5. The number of halogens is 2. The first-order valence-corrected chi connectivity index (χ1v) is 8.02. The van der Waals surface area contributed by atoms with Crippen molar-refractivity contribution in [3.05, 3.63) is 17.7 Å². The summed E-state index contributed by atoms with van der Waals surface area (Å²) in [5, 5.41) is 4.06. The van der Waals surface area contributed by atoms with Gasteiger partial charge in [-0.25, -0.2) is 11.3 Å². The van der Waals surface area contributed by atoms with E-state index in [4.69, 9.17) is 4.42 Å². The zero-order valence-corrected chi connectivity index (χ0v) is 15.2. The highest BCUT2D eigenvalue weighted by Gasteiger charge is 2.38. The fourth-order valence-electron chi connectivity index (χ4n) is 2.08. The van der Waals surface area contributed by atoms with E-state index in [0.29, 0.717) is 28.2 Å². The van der Waals surface area contributed by atoms with E-state index < -0.39 is 0 Å². The Hall–Kier alpha value is -0.650. The molecule has 0 saturated heterocycles. The Morgan fingerprint density at radius 1 is 1.45 bits per heavy atom. The van der Waals surface area contributed by atoms with E-state index in [2.05, 4.69) is 22.2 Å².